The van der Waals surface area contributed by atoms with Crippen molar-refractivity contribution in [1.82, 2.24) is 0 Å². The molecule has 0 bridgehead atoms. The topological polar surface area (TPSA) is 67.6 Å². The van der Waals surface area contributed by atoms with E-state index in [2.05, 4.69) is 5.32 Å². The summed E-state index contributed by atoms with van der Waals surface area (Å²) < 4.78 is 5.14. The standard InChI is InChI=1S/C15H17N3O2/c1-18(13-7-4-8-14(10-13)20-2)15(19)17-12-6-3-5-11(16)9-12/h3-10H,16H2,1-2H3,(H,17,19). The average Bonchev–Trinajstić information content (AvgIpc) is 2.46. The summed E-state index contributed by atoms with van der Waals surface area (Å²) in [6.45, 7) is 0. The summed E-state index contributed by atoms with van der Waals surface area (Å²) in [5.41, 5.74) is 7.68. The second-order valence-electron chi connectivity index (χ2n) is 4.32. The van der Waals surface area contributed by atoms with Crippen LogP contribution in [-0.4, -0.2) is 20.2 Å². The summed E-state index contributed by atoms with van der Waals surface area (Å²) >= 11 is 0. The number of rotatable bonds is 3. The molecule has 3 N–H and O–H groups in total. The number of ether oxygens (including phenoxy) is 1. The third kappa shape index (κ3) is 3.20. The third-order valence-electron chi connectivity index (χ3n) is 2.88. The van der Waals surface area contributed by atoms with Gasteiger partial charge in [0.1, 0.15) is 5.75 Å². The van der Waals surface area contributed by atoms with E-state index in [4.69, 9.17) is 10.5 Å². The smallest absolute Gasteiger partial charge is 0.326 e. The van der Waals surface area contributed by atoms with Crippen molar-refractivity contribution in [2.75, 3.05) is 30.1 Å². The van der Waals surface area contributed by atoms with E-state index in [1.54, 1.807) is 44.5 Å². The molecule has 0 atom stereocenters. The highest BCUT2D eigenvalue weighted by Crippen LogP contribution is 2.21. The van der Waals surface area contributed by atoms with Gasteiger partial charge in [-0.05, 0) is 30.3 Å². The fourth-order valence-electron chi connectivity index (χ4n) is 1.76. The maximum Gasteiger partial charge on any atom is 0.326 e. The molecule has 5 nitrogen and oxygen atoms in total. The van der Waals surface area contributed by atoms with E-state index in [0.29, 0.717) is 17.1 Å². The molecule has 0 aromatic heterocycles. The lowest BCUT2D eigenvalue weighted by atomic mass is 10.2. The molecular weight excluding hydrogens is 254 g/mol. The number of nitrogens with zero attached hydrogens (tertiary/aromatic N) is 1. The number of nitrogen functional groups attached to an aromatic ring is 1. The Balaban J connectivity index is 2.12. The van der Waals surface area contributed by atoms with Crippen LogP contribution < -0.4 is 20.7 Å². The SMILES string of the molecule is COc1cccc(N(C)C(=O)Nc2cccc(N)c2)c1. The molecule has 2 rings (SSSR count). The number of nitrogens with two attached hydrogens (primary N) is 1. The Bertz CT molecular complexity index is 614. The molecule has 2 amide bonds. The highest BCUT2D eigenvalue weighted by atomic mass is 16.5. The van der Waals surface area contributed by atoms with E-state index in [1.807, 2.05) is 18.2 Å². The number of benzene rings is 2. The number of methoxy groups -OCH3 is 1. The van der Waals surface area contributed by atoms with Crippen LogP contribution in [0.4, 0.5) is 21.9 Å². The molecule has 0 radical (unpaired) electrons. The third-order valence-corrected chi connectivity index (χ3v) is 2.88. The Kier molecular flexibility index (Phi) is 4.10. The average molecular weight is 271 g/mol. The maximum atomic E-state index is 12.2. The van der Waals surface area contributed by atoms with Gasteiger partial charge < -0.3 is 15.8 Å². The first-order valence-corrected chi connectivity index (χ1v) is 6.14. The van der Waals surface area contributed by atoms with Crippen LogP contribution in [0, 0.1) is 0 Å². The van der Waals surface area contributed by atoms with Gasteiger partial charge in [0.2, 0.25) is 0 Å². The molecule has 0 aliphatic carbocycles. The molecular formula is C15H17N3O2. The molecule has 0 fully saturated rings. The van der Waals surface area contributed by atoms with E-state index >= 15 is 0 Å². The van der Waals surface area contributed by atoms with Gasteiger partial charge >= 0.3 is 6.03 Å². The molecule has 0 unspecified atom stereocenters. The van der Waals surface area contributed by atoms with Crippen molar-refractivity contribution in [3.05, 3.63) is 48.5 Å². The van der Waals surface area contributed by atoms with Gasteiger partial charge in [0, 0.05) is 30.2 Å². The zero-order chi connectivity index (χ0) is 14.5. The summed E-state index contributed by atoms with van der Waals surface area (Å²) in [6, 6.07) is 14.1. The van der Waals surface area contributed by atoms with Gasteiger partial charge in [-0.25, -0.2) is 4.79 Å². The van der Waals surface area contributed by atoms with Crippen LogP contribution in [0.3, 0.4) is 0 Å². The fraction of sp³-hybridized carbons (Fsp3) is 0.133. The van der Waals surface area contributed by atoms with E-state index in [1.165, 1.54) is 4.90 Å². The number of hydrogen-bond acceptors (Lipinski definition) is 3. The first-order chi connectivity index (χ1) is 9.60. The van der Waals surface area contributed by atoms with E-state index in [0.717, 1.165) is 5.69 Å². The van der Waals surface area contributed by atoms with Crippen molar-refractivity contribution in [3.63, 3.8) is 0 Å². The number of hydrogen-bond donors (Lipinski definition) is 2. The fourth-order valence-corrected chi connectivity index (χ4v) is 1.76. The minimum atomic E-state index is -0.246. The molecule has 104 valence electrons. The summed E-state index contributed by atoms with van der Waals surface area (Å²) in [4.78, 5) is 13.7. The molecule has 5 heteroatoms. The van der Waals surface area contributed by atoms with Gasteiger partial charge in [-0.1, -0.05) is 12.1 Å². The first-order valence-electron chi connectivity index (χ1n) is 6.14. The zero-order valence-corrected chi connectivity index (χ0v) is 11.5. The second-order valence-corrected chi connectivity index (χ2v) is 4.32. The molecule has 0 saturated carbocycles. The summed E-state index contributed by atoms with van der Waals surface area (Å²) in [6.07, 6.45) is 0. The van der Waals surface area contributed by atoms with Crippen molar-refractivity contribution in [1.29, 1.82) is 0 Å². The number of urea groups is 1. The van der Waals surface area contributed by atoms with Crippen LogP contribution in [0.1, 0.15) is 0 Å². The van der Waals surface area contributed by atoms with Crippen LogP contribution in [0.2, 0.25) is 0 Å². The lowest BCUT2D eigenvalue weighted by Crippen LogP contribution is -2.31. The molecule has 2 aromatic carbocycles. The largest absolute Gasteiger partial charge is 0.497 e. The maximum absolute atomic E-state index is 12.2. The molecule has 20 heavy (non-hydrogen) atoms. The van der Waals surface area contributed by atoms with Crippen LogP contribution in [0.15, 0.2) is 48.5 Å². The second kappa shape index (κ2) is 5.97. The van der Waals surface area contributed by atoms with E-state index in [-0.39, 0.29) is 6.03 Å². The Morgan fingerprint density at radius 3 is 2.65 bits per heavy atom. The minimum absolute atomic E-state index is 0.246. The normalized spacial score (nSPS) is 9.90. The summed E-state index contributed by atoms with van der Waals surface area (Å²) in [5, 5.41) is 2.78. The quantitative estimate of drug-likeness (QED) is 0.843. The van der Waals surface area contributed by atoms with Gasteiger partial charge in [-0.2, -0.15) is 0 Å². The lowest BCUT2D eigenvalue weighted by molar-refractivity contribution is 0.258. The minimum Gasteiger partial charge on any atom is -0.497 e. The van der Waals surface area contributed by atoms with Gasteiger partial charge in [0.05, 0.1) is 7.11 Å². The van der Waals surface area contributed by atoms with Crippen LogP contribution in [0.5, 0.6) is 5.75 Å². The Labute approximate surface area is 118 Å². The van der Waals surface area contributed by atoms with Crippen LogP contribution >= 0.6 is 0 Å². The number of carbonyl (C=O) groups is 1. The van der Waals surface area contributed by atoms with Crippen molar-refractivity contribution in [2.24, 2.45) is 0 Å². The van der Waals surface area contributed by atoms with Crippen LogP contribution in [-0.2, 0) is 0 Å². The molecule has 0 spiro atoms. The first kappa shape index (κ1) is 13.7. The van der Waals surface area contributed by atoms with Crippen LogP contribution in [0.25, 0.3) is 0 Å². The van der Waals surface area contributed by atoms with Crippen molar-refractivity contribution >= 4 is 23.1 Å². The van der Waals surface area contributed by atoms with Gasteiger partial charge in [-0.15, -0.1) is 0 Å². The van der Waals surface area contributed by atoms with Crippen molar-refractivity contribution in [2.45, 2.75) is 0 Å². The highest BCUT2D eigenvalue weighted by Gasteiger charge is 2.11. The number of amides is 2. The zero-order valence-electron chi connectivity index (χ0n) is 11.5. The van der Waals surface area contributed by atoms with Gasteiger partial charge in [-0.3, -0.25) is 4.90 Å². The monoisotopic (exact) mass is 271 g/mol. The Morgan fingerprint density at radius 1 is 1.20 bits per heavy atom. The lowest BCUT2D eigenvalue weighted by Gasteiger charge is -2.18. The van der Waals surface area contributed by atoms with E-state index in [9.17, 15) is 4.79 Å². The molecule has 0 saturated heterocycles. The highest BCUT2D eigenvalue weighted by molar-refractivity contribution is 6.01. The van der Waals surface area contributed by atoms with Gasteiger partial charge in [0.15, 0.2) is 0 Å². The molecule has 0 heterocycles. The molecule has 2 aromatic rings. The number of anilines is 3. The molecule has 0 aliphatic heterocycles. The number of nitrogens with one attached hydrogen (secondary N) is 1. The Hall–Kier alpha value is -2.69. The van der Waals surface area contributed by atoms with Gasteiger partial charge in [0.25, 0.3) is 0 Å². The summed E-state index contributed by atoms with van der Waals surface area (Å²) in [7, 11) is 3.28. The summed E-state index contributed by atoms with van der Waals surface area (Å²) in [5.74, 6) is 0.700. The number of carbonyl (C=O) groups excluding carboxylic acids is 1. The predicted molar refractivity (Wildman–Crippen MR) is 81.3 cm³/mol. The Morgan fingerprint density at radius 2 is 1.95 bits per heavy atom. The van der Waals surface area contributed by atoms with E-state index < -0.39 is 0 Å². The molecule has 0 aliphatic rings. The van der Waals surface area contributed by atoms with Crippen molar-refractivity contribution < 1.29 is 9.53 Å². The van der Waals surface area contributed by atoms with Crippen molar-refractivity contribution in [3.8, 4) is 5.75 Å². The predicted octanol–water partition coefficient (Wildman–Crippen LogP) is 2.95.